The number of hydrogen-bond donors (Lipinski definition) is 2. The minimum Gasteiger partial charge on any atom is -0.450 e. The van der Waals surface area contributed by atoms with Gasteiger partial charge in [0, 0.05) is 6.42 Å². The largest absolute Gasteiger partial charge is 0.506 e. The molecule has 0 radical (unpaired) electrons. The van der Waals surface area contributed by atoms with Crippen molar-refractivity contribution in [3.8, 4) is 0 Å². The highest BCUT2D eigenvalue weighted by atomic mass is 16.7. The number of carbonyl (C=O) groups is 2. The van der Waals surface area contributed by atoms with Crippen molar-refractivity contribution >= 4 is 12.2 Å². The standard InChI is InChI=1S/C11H17NO5/c1-11(2,3)17-9(13)12-7-4-5-8(6-7)16-10(14)15/h4-5,7-8H,6H2,1-3H3,(H,12,13)(H,14,15)/t7-,8+/m0/s1. The van der Waals surface area contributed by atoms with Crippen molar-refractivity contribution in [1.29, 1.82) is 0 Å². The summed E-state index contributed by atoms with van der Waals surface area (Å²) in [6.45, 7) is 5.31. The molecular formula is C11H17NO5. The Labute approximate surface area is 99.6 Å². The molecule has 6 heteroatoms. The molecule has 0 saturated heterocycles. The molecule has 0 aliphatic heterocycles. The van der Waals surface area contributed by atoms with E-state index in [1.165, 1.54) is 0 Å². The van der Waals surface area contributed by atoms with Crippen LogP contribution in [0.25, 0.3) is 0 Å². The molecule has 2 atom stereocenters. The van der Waals surface area contributed by atoms with Crippen LogP contribution in [0, 0.1) is 0 Å². The van der Waals surface area contributed by atoms with Crippen molar-refractivity contribution in [1.82, 2.24) is 5.32 Å². The summed E-state index contributed by atoms with van der Waals surface area (Å²) < 4.78 is 9.64. The first-order chi connectivity index (χ1) is 7.76. The number of carbonyl (C=O) groups excluding carboxylic acids is 1. The Morgan fingerprint density at radius 3 is 2.53 bits per heavy atom. The van der Waals surface area contributed by atoms with Crippen molar-refractivity contribution in [2.45, 2.75) is 44.9 Å². The van der Waals surface area contributed by atoms with Crippen LogP contribution in [0.1, 0.15) is 27.2 Å². The Kier molecular flexibility index (Phi) is 3.98. The zero-order valence-corrected chi connectivity index (χ0v) is 10.1. The molecule has 1 amide bonds. The van der Waals surface area contributed by atoms with Gasteiger partial charge in [-0.25, -0.2) is 9.59 Å². The quantitative estimate of drug-likeness (QED) is 0.571. The minimum absolute atomic E-state index is 0.255. The number of rotatable bonds is 2. The van der Waals surface area contributed by atoms with E-state index in [0.717, 1.165) is 0 Å². The van der Waals surface area contributed by atoms with Gasteiger partial charge in [-0.2, -0.15) is 0 Å². The summed E-state index contributed by atoms with van der Waals surface area (Å²) in [5.74, 6) is 0. The van der Waals surface area contributed by atoms with E-state index in [1.807, 2.05) is 0 Å². The fraction of sp³-hybridized carbons (Fsp3) is 0.636. The van der Waals surface area contributed by atoms with E-state index in [-0.39, 0.29) is 6.04 Å². The molecule has 0 aromatic carbocycles. The van der Waals surface area contributed by atoms with Crippen LogP contribution in [0.3, 0.4) is 0 Å². The lowest BCUT2D eigenvalue weighted by Crippen LogP contribution is -2.38. The Morgan fingerprint density at radius 2 is 2.00 bits per heavy atom. The van der Waals surface area contributed by atoms with Crippen molar-refractivity contribution in [3.63, 3.8) is 0 Å². The average Bonchev–Trinajstić information content (AvgIpc) is 2.46. The molecule has 2 N–H and O–H groups in total. The molecule has 1 aliphatic rings. The Balaban J connectivity index is 2.34. The van der Waals surface area contributed by atoms with Crippen LogP contribution in [0.2, 0.25) is 0 Å². The van der Waals surface area contributed by atoms with Gasteiger partial charge >= 0.3 is 12.2 Å². The summed E-state index contributed by atoms with van der Waals surface area (Å²) in [5, 5.41) is 11.0. The fourth-order valence-electron chi connectivity index (χ4n) is 1.45. The molecule has 6 nitrogen and oxygen atoms in total. The van der Waals surface area contributed by atoms with Crippen LogP contribution in [0.5, 0.6) is 0 Å². The minimum atomic E-state index is -1.32. The highest BCUT2D eigenvalue weighted by molar-refractivity contribution is 5.68. The van der Waals surface area contributed by atoms with Gasteiger partial charge in [0.1, 0.15) is 11.7 Å². The molecule has 0 saturated carbocycles. The summed E-state index contributed by atoms with van der Waals surface area (Å²) in [7, 11) is 0. The number of hydrogen-bond acceptors (Lipinski definition) is 4. The average molecular weight is 243 g/mol. The zero-order valence-electron chi connectivity index (χ0n) is 10.1. The SMILES string of the molecule is CC(C)(C)OC(=O)N[C@H]1C=C[C@@H](OC(=O)O)C1. The third-order valence-electron chi connectivity index (χ3n) is 2.00. The first kappa shape index (κ1) is 13.3. The lowest BCUT2D eigenvalue weighted by atomic mass is 10.2. The summed E-state index contributed by atoms with van der Waals surface area (Å²) in [5.41, 5.74) is -0.552. The van der Waals surface area contributed by atoms with Crippen LogP contribution in [-0.4, -0.2) is 35.1 Å². The van der Waals surface area contributed by atoms with E-state index < -0.39 is 24.0 Å². The smallest absolute Gasteiger partial charge is 0.450 e. The van der Waals surface area contributed by atoms with Crippen molar-refractivity contribution in [2.24, 2.45) is 0 Å². The van der Waals surface area contributed by atoms with Gasteiger partial charge in [-0.15, -0.1) is 0 Å². The monoisotopic (exact) mass is 243 g/mol. The van der Waals surface area contributed by atoms with Crippen LogP contribution in [0.15, 0.2) is 12.2 Å². The molecular weight excluding hydrogens is 226 g/mol. The zero-order chi connectivity index (χ0) is 13.1. The van der Waals surface area contributed by atoms with Gasteiger partial charge in [0.25, 0.3) is 0 Å². The fourth-order valence-corrected chi connectivity index (χ4v) is 1.45. The lowest BCUT2D eigenvalue weighted by molar-refractivity contribution is 0.0494. The van der Waals surface area contributed by atoms with Gasteiger partial charge < -0.3 is 19.9 Å². The van der Waals surface area contributed by atoms with Crippen LogP contribution >= 0.6 is 0 Å². The molecule has 0 unspecified atom stereocenters. The molecule has 0 aromatic rings. The first-order valence-electron chi connectivity index (χ1n) is 5.34. The molecule has 0 heterocycles. The summed E-state index contributed by atoms with van der Waals surface area (Å²) in [6, 6.07) is -0.255. The molecule has 0 fully saturated rings. The molecule has 17 heavy (non-hydrogen) atoms. The Morgan fingerprint density at radius 1 is 1.35 bits per heavy atom. The topological polar surface area (TPSA) is 84.9 Å². The molecule has 96 valence electrons. The summed E-state index contributed by atoms with van der Waals surface area (Å²) in [6.07, 6.45) is 1.34. The molecule has 0 aromatic heterocycles. The van der Waals surface area contributed by atoms with Gasteiger partial charge in [0.05, 0.1) is 6.04 Å². The van der Waals surface area contributed by atoms with Gasteiger partial charge in [-0.3, -0.25) is 0 Å². The molecule has 1 aliphatic carbocycles. The third kappa shape index (κ3) is 5.24. The first-order valence-corrected chi connectivity index (χ1v) is 5.34. The molecule has 0 spiro atoms. The Hall–Kier alpha value is -1.72. The maximum Gasteiger partial charge on any atom is 0.506 e. The van der Waals surface area contributed by atoms with E-state index in [0.29, 0.717) is 6.42 Å². The number of ether oxygens (including phenoxy) is 2. The molecule has 1 rings (SSSR count). The number of amides is 1. The van der Waals surface area contributed by atoms with Crippen molar-refractivity contribution < 1.29 is 24.2 Å². The van der Waals surface area contributed by atoms with Crippen LogP contribution in [-0.2, 0) is 9.47 Å². The Bertz CT molecular complexity index is 331. The number of alkyl carbamates (subject to hydrolysis) is 1. The van der Waals surface area contributed by atoms with Crippen LogP contribution < -0.4 is 5.32 Å². The summed E-state index contributed by atoms with van der Waals surface area (Å²) >= 11 is 0. The van der Waals surface area contributed by atoms with E-state index in [4.69, 9.17) is 9.84 Å². The van der Waals surface area contributed by atoms with Crippen LogP contribution in [0.4, 0.5) is 9.59 Å². The third-order valence-corrected chi connectivity index (χ3v) is 2.00. The van der Waals surface area contributed by atoms with Crippen molar-refractivity contribution in [3.05, 3.63) is 12.2 Å². The highest BCUT2D eigenvalue weighted by Gasteiger charge is 2.25. The van der Waals surface area contributed by atoms with Gasteiger partial charge in [-0.05, 0) is 26.8 Å². The lowest BCUT2D eigenvalue weighted by Gasteiger charge is -2.21. The highest BCUT2D eigenvalue weighted by Crippen LogP contribution is 2.15. The number of carboxylic acid groups (broad SMARTS) is 1. The maximum atomic E-state index is 11.4. The van der Waals surface area contributed by atoms with Gasteiger partial charge in [0.15, 0.2) is 0 Å². The predicted molar refractivity (Wildman–Crippen MR) is 59.8 cm³/mol. The van der Waals surface area contributed by atoms with E-state index >= 15 is 0 Å². The van der Waals surface area contributed by atoms with Crippen molar-refractivity contribution in [2.75, 3.05) is 0 Å². The predicted octanol–water partition coefficient (Wildman–Crippen LogP) is 1.90. The van der Waals surface area contributed by atoms with Gasteiger partial charge in [-0.1, -0.05) is 6.08 Å². The van der Waals surface area contributed by atoms with E-state index in [2.05, 4.69) is 10.1 Å². The number of nitrogens with one attached hydrogen (secondary N) is 1. The van der Waals surface area contributed by atoms with E-state index in [9.17, 15) is 9.59 Å². The second-order valence-corrected chi connectivity index (χ2v) is 4.80. The second kappa shape index (κ2) is 5.07. The summed E-state index contributed by atoms with van der Waals surface area (Å²) in [4.78, 5) is 21.7. The maximum absolute atomic E-state index is 11.4. The molecule has 0 bridgehead atoms. The second-order valence-electron chi connectivity index (χ2n) is 4.80. The van der Waals surface area contributed by atoms with E-state index in [1.54, 1.807) is 32.9 Å². The van der Waals surface area contributed by atoms with Gasteiger partial charge in [0.2, 0.25) is 0 Å². The normalized spacial score (nSPS) is 23.2.